The number of hydrogen-bond acceptors (Lipinski definition) is 5. The van der Waals surface area contributed by atoms with E-state index < -0.39 is 25.1 Å². The van der Waals surface area contributed by atoms with Crippen molar-refractivity contribution in [2.75, 3.05) is 24.6 Å². The lowest BCUT2D eigenvalue weighted by Gasteiger charge is -2.26. The summed E-state index contributed by atoms with van der Waals surface area (Å²) in [6, 6.07) is -0.0860. The first kappa shape index (κ1) is 13.3. The van der Waals surface area contributed by atoms with Gasteiger partial charge in [0, 0.05) is 19.1 Å². The normalized spacial score (nSPS) is 31.7. The fourth-order valence-electron chi connectivity index (χ4n) is 2.36. The lowest BCUT2D eigenvalue weighted by atomic mass is 10.2. The van der Waals surface area contributed by atoms with Crippen molar-refractivity contribution in [2.45, 2.75) is 30.6 Å². The summed E-state index contributed by atoms with van der Waals surface area (Å²) < 4.78 is 48.4. The second-order valence-corrected chi connectivity index (χ2v) is 9.32. The van der Waals surface area contributed by atoms with Crippen molar-refractivity contribution in [1.29, 1.82) is 0 Å². The van der Waals surface area contributed by atoms with Gasteiger partial charge in [-0.2, -0.15) is 0 Å². The van der Waals surface area contributed by atoms with Crippen LogP contribution in [0.15, 0.2) is 0 Å². The molecule has 8 heteroatoms. The third-order valence-electron chi connectivity index (χ3n) is 3.47. The van der Waals surface area contributed by atoms with Gasteiger partial charge in [-0.05, 0) is 19.3 Å². The van der Waals surface area contributed by atoms with E-state index >= 15 is 0 Å². The standard InChI is InChI=1S/C9H18N2O4S2/c10-8-1-4-11(7-8)17(14,15)9-2-5-16(12,13)6-3-9/h8-9H,1-7,10H2/t8-/m1/s1. The minimum Gasteiger partial charge on any atom is -0.326 e. The number of sulfone groups is 1. The van der Waals surface area contributed by atoms with Crippen molar-refractivity contribution in [3.8, 4) is 0 Å². The summed E-state index contributed by atoms with van der Waals surface area (Å²) in [6.07, 6.45) is 1.12. The average Bonchev–Trinajstić information content (AvgIpc) is 2.65. The van der Waals surface area contributed by atoms with Crippen molar-refractivity contribution < 1.29 is 16.8 Å². The zero-order chi connectivity index (χ0) is 12.7. The van der Waals surface area contributed by atoms with E-state index in [0.717, 1.165) is 0 Å². The third-order valence-corrected chi connectivity index (χ3v) is 7.55. The van der Waals surface area contributed by atoms with Gasteiger partial charge in [0.25, 0.3) is 0 Å². The van der Waals surface area contributed by atoms with Gasteiger partial charge in [-0.1, -0.05) is 0 Å². The lowest BCUT2D eigenvalue weighted by molar-refractivity contribution is 0.453. The highest BCUT2D eigenvalue weighted by Crippen LogP contribution is 2.24. The molecule has 2 rings (SSSR count). The molecule has 2 heterocycles. The van der Waals surface area contributed by atoms with E-state index in [2.05, 4.69) is 0 Å². The molecule has 0 aromatic carbocycles. The highest BCUT2D eigenvalue weighted by Gasteiger charge is 2.38. The predicted octanol–water partition coefficient (Wildman–Crippen LogP) is -1.07. The molecule has 0 aliphatic carbocycles. The molecule has 17 heavy (non-hydrogen) atoms. The second kappa shape index (κ2) is 4.49. The van der Waals surface area contributed by atoms with Crippen LogP contribution in [0.3, 0.4) is 0 Å². The monoisotopic (exact) mass is 282 g/mol. The smallest absolute Gasteiger partial charge is 0.217 e. The molecule has 0 unspecified atom stereocenters. The molecular formula is C9H18N2O4S2. The number of hydrogen-bond donors (Lipinski definition) is 1. The lowest BCUT2D eigenvalue weighted by Crippen LogP contribution is -2.42. The van der Waals surface area contributed by atoms with E-state index in [1.54, 1.807) is 0 Å². The Kier molecular flexibility index (Phi) is 3.50. The topological polar surface area (TPSA) is 97.5 Å². The number of rotatable bonds is 2. The summed E-state index contributed by atoms with van der Waals surface area (Å²) in [5, 5.41) is -0.545. The Bertz CT molecular complexity index is 471. The molecule has 2 saturated heterocycles. The molecule has 2 fully saturated rings. The van der Waals surface area contributed by atoms with Crippen LogP contribution >= 0.6 is 0 Å². The molecule has 0 saturated carbocycles. The first-order valence-corrected chi connectivity index (χ1v) is 9.09. The number of sulfonamides is 1. The van der Waals surface area contributed by atoms with Gasteiger partial charge in [-0.25, -0.2) is 21.1 Å². The van der Waals surface area contributed by atoms with Gasteiger partial charge in [-0.3, -0.25) is 0 Å². The number of nitrogens with zero attached hydrogens (tertiary/aromatic N) is 1. The SMILES string of the molecule is N[C@@H]1CCN(S(=O)(=O)C2CCS(=O)(=O)CC2)C1. The van der Waals surface area contributed by atoms with Crippen LogP contribution in [-0.2, 0) is 19.9 Å². The van der Waals surface area contributed by atoms with Crippen molar-refractivity contribution in [3.63, 3.8) is 0 Å². The van der Waals surface area contributed by atoms with Crippen molar-refractivity contribution in [1.82, 2.24) is 4.31 Å². The minimum absolute atomic E-state index is 0.0171. The van der Waals surface area contributed by atoms with Gasteiger partial charge in [-0.15, -0.1) is 0 Å². The maximum atomic E-state index is 12.2. The van der Waals surface area contributed by atoms with Crippen LogP contribution in [-0.4, -0.2) is 57.0 Å². The van der Waals surface area contributed by atoms with Crippen LogP contribution in [0.1, 0.15) is 19.3 Å². The molecule has 2 aliphatic heterocycles. The Morgan fingerprint density at radius 3 is 2.18 bits per heavy atom. The van der Waals surface area contributed by atoms with Crippen LogP contribution in [0.25, 0.3) is 0 Å². The molecule has 2 aliphatic rings. The molecule has 0 radical (unpaired) electrons. The second-order valence-electron chi connectivity index (χ2n) is 4.80. The first-order valence-electron chi connectivity index (χ1n) is 5.76. The molecule has 0 bridgehead atoms. The Labute approximate surface area is 102 Å². The summed E-state index contributed by atoms with van der Waals surface area (Å²) in [7, 11) is -6.37. The van der Waals surface area contributed by atoms with Crippen molar-refractivity contribution in [2.24, 2.45) is 5.73 Å². The molecule has 0 aromatic heterocycles. The summed E-state index contributed by atoms with van der Waals surface area (Å²) in [6.45, 7) is 0.832. The van der Waals surface area contributed by atoms with Crippen LogP contribution in [0.2, 0.25) is 0 Å². The summed E-state index contributed by atoms with van der Waals surface area (Å²) in [5.74, 6) is -0.0341. The van der Waals surface area contributed by atoms with Gasteiger partial charge in [0.2, 0.25) is 10.0 Å². The third kappa shape index (κ3) is 2.81. The average molecular weight is 282 g/mol. The largest absolute Gasteiger partial charge is 0.326 e. The summed E-state index contributed by atoms with van der Waals surface area (Å²) >= 11 is 0. The maximum absolute atomic E-state index is 12.2. The molecule has 0 spiro atoms. The first-order chi connectivity index (χ1) is 7.81. The highest BCUT2D eigenvalue weighted by atomic mass is 32.2. The molecule has 100 valence electrons. The van der Waals surface area contributed by atoms with E-state index in [-0.39, 0.29) is 30.4 Å². The Balaban J connectivity index is 2.07. The quantitative estimate of drug-likeness (QED) is 0.695. The molecule has 0 amide bonds. The Morgan fingerprint density at radius 2 is 1.71 bits per heavy atom. The molecule has 2 N–H and O–H groups in total. The Morgan fingerprint density at radius 1 is 1.12 bits per heavy atom. The number of nitrogens with two attached hydrogens (primary N) is 1. The Hall–Kier alpha value is -0.180. The van der Waals surface area contributed by atoms with Crippen LogP contribution < -0.4 is 5.73 Å². The zero-order valence-electron chi connectivity index (χ0n) is 9.58. The molecule has 1 atom stereocenters. The van der Waals surface area contributed by atoms with Gasteiger partial charge >= 0.3 is 0 Å². The van der Waals surface area contributed by atoms with E-state index in [4.69, 9.17) is 5.73 Å². The van der Waals surface area contributed by atoms with E-state index in [9.17, 15) is 16.8 Å². The van der Waals surface area contributed by atoms with E-state index in [1.807, 2.05) is 0 Å². The van der Waals surface area contributed by atoms with Gasteiger partial charge in [0.1, 0.15) is 9.84 Å². The highest BCUT2D eigenvalue weighted by molar-refractivity contribution is 7.92. The maximum Gasteiger partial charge on any atom is 0.217 e. The van der Waals surface area contributed by atoms with Crippen LogP contribution in [0, 0.1) is 0 Å². The van der Waals surface area contributed by atoms with Gasteiger partial charge < -0.3 is 5.73 Å². The van der Waals surface area contributed by atoms with Gasteiger partial charge in [0.05, 0.1) is 16.8 Å². The predicted molar refractivity (Wildman–Crippen MR) is 64.8 cm³/mol. The minimum atomic E-state index is -3.36. The van der Waals surface area contributed by atoms with Crippen LogP contribution in [0.5, 0.6) is 0 Å². The molecule has 6 nitrogen and oxygen atoms in total. The van der Waals surface area contributed by atoms with Crippen molar-refractivity contribution >= 4 is 19.9 Å². The van der Waals surface area contributed by atoms with Gasteiger partial charge in [0.15, 0.2) is 0 Å². The molecule has 0 aromatic rings. The van der Waals surface area contributed by atoms with E-state index in [0.29, 0.717) is 19.5 Å². The fourth-order valence-corrected chi connectivity index (χ4v) is 6.16. The van der Waals surface area contributed by atoms with E-state index in [1.165, 1.54) is 4.31 Å². The van der Waals surface area contributed by atoms with Crippen molar-refractivity contribution in [3.05, 3.63) is 0 Å². The molecular weight excluding hydrogens is 264 g/mol. The summed E-state index contributed by atoms with van der Waals surface area (Å²) in [4.78, 5) is 0. The zero-order valence-corrected chi connectivity index (χ0v) is 11.2. The van der Waals surface area contributed by atoms with Crippen LogP contribution in [0.4, 0.5) is 0 Å². The fraction of sp³-hybridized carbons (Fsp3) is 1.00. The summed E-state index contributed by atoms with van der Waals surface area (Å²) in [5.41, 5.74) is 5.69.